The largest absolute Gasteiger partial charge is 0.487 e. The van der Waals surface area contributed by atoms with E-state index in [0.29, 0.717) is 12.1 Å². The molecule has 0 saturated heterocycles. The smallest absolute Gasteiger partial charge is 0.241 e. The maximum Gasteiger partial charge on any atom is 0.241 e. The van der Waals surface area contributed by atoms with Gasteiger partial charge in [-0.15, -0.1) is 10.9 Å². The normalized spacial score (nSPS) is 15.9. The molecule has 0 heterocycles. The van der Waals surface area contributed by atoms with Crippen LogP contribution >= 0.6 is 0 Å². The molecule has 0 fully saturated rings. The molecule has 0 saturated carbocycles. The van der Waals surface area contributed by atoms with Crippen molar-refractivity contribution in [2.75, 3.05) is 0 Å². The second-order valence-corrected chi connectivity index (χ2v) is 5.29. The van der Waals surface area contributed by atoms with Crippen molar-refractivity contribution in [3.8, 4) is 0 Å². The molecule has 0 bridgehead atoms. The number of nitrogens with zero attached hydrogens (tertiary/aromatic N) is 1. The Labute approximate surface area is 110 Å². The molecule has 0 atom stereocenters. The lowest BCUT2D eigenvalue weighted by Gasteiger charge is -2.28. The quantitative estimate of drug-likeness (QED) is 0.520. The van der Waals surface area contributed by atoms with Gasteiger partial charge in [-0.05, 0) is 39.8 Å². The average Bonchev–Trinajstić information content (AvgIpc) is 2.98. The van der Waals surface area contributed by atoms with Gasteiger partial charge in [-0.1, -0.05) is 24.3 Å². The molecule has 0 aromatic heterocycles. The summed E-state index contributed by atoms with van der Waals surface area (Å²) in [7, 11) is 0. The van der Waals surface area contributed by atoms with Gasteiger partial charge in [-0.2, -0.15) is 11.5 Å². The SMILES string of the molecule is CC(C)[N+](=[B-](C1=C=CC=C1)C1=C=CC=C1)C(C)C. The fraction of sp³-hybridized carbons (Fsp3) is 0.375. The zero-order valence-electron chi connectivity index (χ0n) is 11.6. The minimum Gasteiger partial charge on any atom is -0.487 e. The monoisotopic (exact) mass is 237 g/mol. The molecule has 2 heteroatoms. The van der Waals surface area contributed by atoms with Crippen LogP contribution in [0.5, 0.6) is 0 Å². The van der Waals surface area contributed by atoms with Gasteiger partial charge in [0.15, 0.2) is 0 Å². The summed E-state index contributed by atoms with van der Waals surface area (Å²) in [4.78, 5) is 0. The predicted octanol–water partition coefficient (Wildman–Crippen LogP) is 3.46. The highest BCUT2D eigenvalue weighted by Gasteiger charge is 2.17. The van der Waals surface area contributed by atoms with Crippen LogP contribution < -0.4 is 0 Å². The Morgan fingerprint density at radius 3 is 1.61 bits per heavy atom. The maximum atomic E-state index is 3.35. The minimum atomic E-state index is 0.259. The fourth-order valence-corrected chi connectivity index (χ4v) is 2.71. The Morgan fingerprint density at radius 1 is 0.889 bits per heavy atom. The summed E-state index contributed by atoms with van der Waals surface area (Å²) >= 11 is 0. The third kappa shape index (κ3) is 2.46. The standard InChI is InChI=1S/C16H20BN/c1-13(2)18(14(3)4)17(15-9-5-6-10-15)16-11-7-8-12-16/h5-9,11,13-14H,1-4H3. The zero-order valence-corrected chi connectivity index (χ0v) is 11.6. The van der Waals surface area contributed by atoms with E-state index in [0.717, 1.165) is 0 Å². The van der Waals surface area contributed by atoms with Crippen LogP contribution in [0.2, 0.25) is 0 Å². The molecule has 0 aromatic carbocycles. The van der Waals surface area contributed by atoms with Gasteiger partial charge in [0.1, 0.15) is 0 Å². The van der Waals surface area contributed by atoms with Gasteiger partial charge in [-0.25, -0.2) is 0 Å². The van der Waals surface area contributed by atoms with Crippen LogP contribution in [0, 0.1) is 0 Å². The first-order chi connectivity index (χ1) is 8.61. The molecule has 2 rings (SSSR count). The summed E-state index contributed by atoms with van der Waals surface area (Å²) in [5, 5.41) is 0. The first-order valence-electron chi connectivity index (χ1n) is 6.65. The van der Waals surface area contributed by atoms with Crippen LogP contribution in [-0.4, -0.2) is 23.1 Å². The summed E-state index contributed by atoms with van der Waals surface area (Å²) < 4.78 is 2.51. The van der Waals surface area contributed by atoms with Crippen molar-refractivity contribution in [3.63, 3.8) is 0 Å². The molecule has 0 aromatic rings. The van der Waals surface area contributed by atoms with E-state index in [2.05, 4.69) is 67.9 Å². The van der Waals surface area contributed by atoms with E-state index in [-0.39, 0.29) is 6.51 Å². The highest BCUT2D eigenvalue weighted by molar-refractivity contribution is 6.62. The lowest BCUT2D eigenvalue weighted by Crippen LogP contribution is -2.36. The number of allylic oxidation sites excluding steroid dienone is 6. The summed E-state index contributed by atoms with van der Waals surface area (Å²) in [5.74, 6) is 0. The highest BCUT2D eigenvalue weighted by atomic mass is 15.0. The van der Waals surface area contributed by atoms with Gasteiger partial charge in [0.2, 0.25) is 6.51 Å². The van der Waals surface area contributed by atoms with E-state index in [1.165, 1.54) is 10.9 Å². The van der Waals surface area contributed by atoms with E-state index in [1.807, 2.05) is 12.2 Å². The topological polar surface area (TPSA) is 3.01 Å². The second kappa shape index (κ2) is 5.35. The van der Waals surface area contributed by atoms with Crippen LogP contribution in [0.1, 0.15) is 27.7 Å². The van der Waals surface area contributed by atoms with E-state index < -0.39 is 0 Å². The molecule has 0 radical (unpaired) electrons. The van der Waals surface area contributed by atoms with Crippen molar-refractivity contribution in [3.05, 3.63) is 58.9 Å². The van der Waals surface area contributed by atoms with E-state index in [4.69, 9.17) is 0 Å². The van der Waals surface area contributed by atoms with Crippen molar-refractivity contribution in [2.45, 2.75) is 39.8 Å². The molecular formula is C16H20BN. The molecule has 2 aliphatic carbocycles. The Kier molecular flexibility index (Phi) is 3.82. The van der Waals surface area contributed by atoms with E-state index >= 15 is 0 Å². The van der Waals surface area contributed by atoms with E-state index in [9.17, 15) is 0 Å². The van der Waals surface area contributed by atoms with Gasteiger partial charge >= 0.3 is 0 Å². The van der Waals surface area contributed by atoms with Gasteiger partial charge < -0.3 is 4.48 Å². The van der Waals surface area contributed by atoms with Crippen molar-refractivity contribution >= 4 is 6.51 Å². The van der Waals surface area contributed by atoms with Crippen LogP contribution in [0.4, 0.5) is 0 Å². The van der Waals surface area contributed by atoms with Crippen molar-refractivity contribution in [1.82, 2.24) is 0 Å². The fourth-order valence-electron chi connectivity index (χ4n) is 2.71. The number of hydrogen-bond donors (Lipinski definition) is 0. The van der Waals surface area contributed by atoms with Crippen LogP contribution in [0.15, 0.2) is 58.9 Å². The minimum absolute atomic E-state index is 0.259. The third-order valence-corrected chi connectivity index (χ3v) is 3.32. The van der Waals surface area contributed by atoms with Crippen molar-refractivity contribution < 1.29 is 4.48 Å². The first-order valence-corrected chi connectivity index (χ1v) is 6.65. The predicted molar refractivity (Wildman–Crippen MR) is 77.8 cm³/mol. The third-order valence-electron chi connectivity index (χ3n) is 3.32. The van der Waals surface area contributed by atoms with Crippen molar-refractivity contribution in [2.24, 2.45) is 0 Å². The van der Waals surface area contributed by atoms with Crippen LogP contribution in [0.25, 0.3) is 0 Å². The molecule has 0 amide bonds. The first kappa shape index (κ1) is 12.8. The molecule has 0 N–H and O–H groups in total. The molecule has 0 aliphatic heterocycles. The van der Waals surface area contributed by atoms with Gasteiger partial charge in [0, 0.05) is 0 Å². The van der Waals surface area contributed by atoms with Gasteiger partial charge in [-0.3, -0.25) is 0 Å². The maximum absolute atomic E-state index is 3.35. The lowest BCUT2D eigenvalue weighted by atomic mass is 9.55. The molecule has 18 heavy (non-hydrogen) atoms. The summed E-state index contributed by atoms with van der Waals surface area (Å²) in [5.41, 5.74) is 9.18. The molecular weight excluding hydrogens is 217 g/mol. The highest BCUT2D eigenvalue weighted by Crippen LogP contribution is 2.16. The molecule has 92 valence electrons. The van der Waals surface area contributed by atoms with E-state index in [1.54, 1.807) is 0 Å². The Balaban J connectivity index is 2.64. The number of rotatable bonds is 4. The lowest BCUT2D eigenvalue weighted by molar-refractivity contribution is -0.577. The summed E-state index contributed by atoms with van der Waals surface area (Å²) in [6.07, 6.45) is 12.4. The zero-order chi connectivity index (χ0) is 13.1. The summed E-state index contributed by atoms with van der Waals surface area (Å²) in [6.45, 7) is 9.25. The Bertz CT molecular complexity index is 520. The van der Waals surface area contributed by atoms with Crippen LogP contribution in [0.3, 0.4) is 0 Å². The number of hydrogen-bond acceptors (Lipinski definition) is 0. The van der Waals surface area contributed by atoms with Crippen molar-refractivity contribution in [1.29, 1.82) is 0 Å². The Morgan fingerprint density at radius 2 is 1.33 bits per heavy atom. The Hall–Kier alpha value is -1.62. The molecule has 1 nitrogen and oxygen atoms in total. The average molecular weight is 237 g/mol. The van der Waals surface area contributed by atoms with Gasteiger partial charge in [0.25, 0.3) is 0 Å². The van der Waals surface area contributed by atoms with Gasteiger partial charge in [0.05, 0.1) is 12.1 Å². The second-order valence-electron chi connectivity index (χ2n) is 5.29. The van der Waals surface area contributed by atoms with Crippen LogP contribution in [-0.2, 0) is 0 Å². The summed E-state index contributed by atoms with van der Waals surface area (Å²) in [6, 6.07) is 0.975. The molecule has 0 spiro atoms. The molecule has 2 aliphatic rings. The molecule has 0 unspecified atom stereocenters.